The van der Waals surface area contributed by atoms with Crippen LogP contribution in [0.4, 0.5) is 5.69 Å². The number of nitrogens with two attached hydrogens (primary N) is 2. The lowest BCUT2D eigenvalue weighted by Gasteiger charge is -2.43. The lowest BCUT2D eigenvalue weighted by atomic mass is 10.1. The summed E-state index contributed by atoms with van der Waals surface area (Å²) in [5.74, 6) is 0.308. The van der Waals surface area contributed by atoms with Gasteiger partial charge in [-0.1, -0.05) is 81.4 Å². The number of methoxy groups -OCH3 is 1. The van der Waals surface area contributed by atoms with Crippen LogP contribution in [0.1, 0.15) is 31.1 Å². The van der Waals surface area contributed by atoms with Crippen molar-refractivity contribution >= 4 is 30.3 Å². The molecule has 0 unspecified atom stereocenters. The van der Waals surface area contributed by atoms with Crippen molar-refractivity contribution < 1.29 is 14.0 Å². The molecule has 3 aromatic rings. The lowest BCUT2D eigenvalue weighted by Crippen LogP contribution is -2.68. The summed E-state index contributed by atoms with van der Waals surface area (Å²) in [6.07, 6.45) is 0. The van der Waals surface area contributed by atoms with Crippen molar-refractivity contribution in [3.05, 3.63) is 78.4 Å². The summed E-state index contributed by atoms with van der Waals surface area (Å²) < 4.78 is 12.5. The Kier molecular flexibility index (Phi) is 5.89. The maximum absolute atomic E-state index is 11.9. The van der Waals surface area contributed by atoms with Crippen LogP contribution in [0, 0.1) is 0 Å². The molecular weight excluding hydrogens is 392 g/mol. The van der Waals surface area contributed by atoms with E-state index in [2.05, 4.69) is 45.0 Å². The Morgan fingerprint density at radius 2 is 1.37 bits per heavy atom. The van der Waals surface area contributed by atoms with Crippen LogP contribution in [0.5, 0.6) is 11.5 Å². The zero-order valence-electron chi connectivity index (χ0n) is 17.8. The Labute approximate surface area is 178 Å². The van der Waals surface area contributed by atoms with Crippen molar-refractivity contribution in [2.24, 2.45) is 5.73 Å². The third kappa shape index (κ3) is 3.78. The maximum atomic E-state index is 11.9. The zero-order chi connectivity index (χ0) is 21.9. The summed E-state index contributed by atoms with van der Waals surface area (Å²) in [6.45, 7) is 6.54. The van der Waals surface area contributed by atoms with Crippen LogP contribution in [0.2, 0.25) is 5.04 Å². The van der Waals surface area contributed by atoms with Crippen molar-refractivity contribution in [1.29, 1.82) is 0 Å². The van der Waals surface area contributed by atoms with Crippen LogP contribution in [0.3, 0.4) is 0 Å². The fourth-order valence-electron chi connectivity index (χ4n) is 3.84. The van der Waals surface area contributed by atoms with Gasteiger partial charge in [0.05, 0.1) is 12.7 Å². The molecule has 0 aliphatic rings. The number of anilines is 1. The molecule has 156 valence electrons. The standard InChI is InChI=1S/C24H28N2O3Si/c1-24(2,3)30(17-11-7-5-8-12-17,18-13-9-6-10-14-18)29-22-15-19(23(26)27)20(25)16-21(22)28-4/h5-16H,25H2,1-4H3,(H2,26,27). The SMILES string of the molecule is COc1cc(N)c(C(N)=O)cc1O[Si](c1ccccc1)(c1ccccc1)C(C)(C)C. The van der Waals surface area contributed by atoms with Crippen molar-refractivity contribution in [3.63, 3.8) is 0 Å². The van der Waals surface area contributed by atoms with E-state index in [-0.39, 0.29) is 16.3 Å². The number of carbonyl (C=O) groups excluding carboxylic acids is 1. The van der Waals surface area contributed by atoms with Crippen LogP contribution in [0.15, 0.2) is 72.8 Å². The van der Waals surface area contributed by atoms with Crippen LogP contribution < -0.4 is 31.0 Å². The minimum Gasteiger partial charge on any atom is -0.531 e. The molecule has 0 spiro atoms. The van der Waals surface area contributed by atoms with E-state index in [0.717, 1.165) is 10.4 Å². The van der Waals surface area contributed by atoms with Crippen LogP contribution >= 0.6 is 0 Å². The summed E-state index contributed by atoms with van der Waals surface area (Å²) >= 11 is 0. The van der Waals surface area contributed by atoms with Crippen molar-refractivity contribution in [1.82, 2.24) is 0 Å². The van der Waals surface area contributed by atoms with E-state index < -0.39 is 14.2 Å². The van der Waals surface area contributed by atoms with Crippen LogP contribution in [0.25, 0.3) is 0 Å². The summed E-state index contributed by atoms with van der Waals surface area (Å²) in [5, 5.41) is 1.99. The molecule has 0 saturated carbocycles. The Hall–Kier alpha value is -3.25. The van der Waals surface area contributed by atoms with Gasteiger partial charge >= 0.3 is 8.32 Å². The predicted octanol–water partition coefficient (Wildman–Crippen LogP) is 3.32. The van der Waals surface area contributed by atoms with E-state index in [1.807, 2.05) is 36.4 Å². The van der Waals surface area contributed by atoms with Gasteiger partial charge in [0.25, 0.3) is 5.91 Å². The Morgan fingerprint density at radius 1 is 0.867 bits per heavy atom. The molecule has 6 heteroatoms. The monoisotopic (exact) mass is 420 g/mol. The number of rotatable bonds is 6. The highest BCUT2D eigenvalue weighted by Crippen LogP contribution is 2.41. The van der Waals surface area contributed by atoms with Crippen LogP contribution in [-0.4, -0.2) is 21.3 Å². The highest BCUT2D eigenvalue weighted by Gasteiger charge is 2.52. The van der Waals surface area contributed by atoms with E-state index in [1.54, 1.807) is 19.2 Å². The number of hydrogen-bond acceptors (Lipinski definition) is 4. The van der Waals surface area contributed by atoms with Gasteiger partial charge in [-0.15, -0.1) is 0 Å². The molecule has 30 heavy (non-hydrogen) atoms. The fourth-order valence-corrected chi connectivity index (χ4v) is 8.26. The number of nitrogen functional groups attached to an aromatic ring is 1. The number of amides is 1. The van der Waals surface area contributed by atoms with Gasteiger partial charge in [0.15, 0.2) is 5.75 Å². The Bertz CT molecular complexity index is 992. The van der Waals surface area contributed by atoms with Gasteiger partial charge in [0.2, 0.25) is 0 Å². The molecule has 1 amide bonds. The smallest absolute Gasteiger partial charge is 0.320 e. The average molecular weight is 421 g/mol. The first-order chi connectivity index (χ1) is 14.2. The van der Waals surface area contributed by atoms with Gasteiger partial charge in [-0.25, -0.2) is 0 Å². The average Bonchev–Trinajstić information content (AvgIpc) is 2.72. The summed E-state index contributed by atoms with van der Waals surface area (Å²) in [4.78, 5) is 11.9. The van der Waals surface area contributed by atoms with Crippen molar-refractivity contribution in [2.45, 2.75) is 25.8 Å². The molecular formula is C24H28N2O3Si. The minimum atomic E-state index is -2.89. The van der Waals surface area contributed by atoms with Crippen molar-refractivity contribution in [3.8, 4) is 11.5 Å². The quantitative estimate of drug-likeness (QED) is 0.473. The summed E-state index contributed by atoms with van der Waals surface area (Å²) in [5.41, 5.74) is 12.0. The second kappa shape index (κ2) is 8.24. The van der Waals surface area contributed by atoms with E-state index in [1.165, 1.54) is 0 Å². The Balaban J connectivity index is 2.33. The number of hydrogen-bond donors (Lipinski definition) is 2. The van der Waals surface area contributed by atoms with Crippen molar-refractivity contribution in [2.75, 3.05) is 12.8 Å². The van der Waals surface area contributed by atoms with Gasteiger partial charge in [0.1, 0.15) is 5.75 Å². The van der Waals surface area contributed by atoms with Gasteiger partial charge in [0, 0.05) is 11.8 Å². The van der Waals surface area contributed by atoms with E-state index >= 15 is 0 Å². The number of carbonyl (C=O) groups is 1. The molecule has 0 bridgehead atoms. The second-order valence-electron chi connectivity index (χ2n) is 8.22. The normalized spacial score (nSPS) is 11.7. The van der Waals surface area contributed by atoms with Crippen LogP contribution in [-0.2, 0) is 0 Å². The lowest BCUT2D eigenvalue weighted by molar-refractivity contribution is 0.100. The minimum absolute atomic E-state index is 0.212. The topological polar surface area (TPSA) is 87.6 Å². The number of benzene rings is 3. The third-order valence-electron chi connectivity index (χ3n) is 5.28. The molecule has 0 aliphatic carbocycles. The molecule has 0 heterocycles. The Morgan fingerprint density at radius 3 is 1.77 bits per heavy atom. The molecule has 0 radical (unpaired) electrons. The van der Waals surface area contributed by atoms with Gasteiger partial charge < -0.3 is 20.6 Å². The molecule has 0 atom stereocenters. The molecule has 0 aromatic heterocycles. The first-order valence-electron chi connectivity index (χ1n) is 9.78. The van der Waals surface area contributed by atoms with Gasteiger partial charge in [-0.3, -0.25) is 4.79 Å². The fraction of sp³-hybridized carbons (Fsp3) is 0.208. The molecule has 3 rings (SSSR count). The highest BCUT2D eigenvalue weighted by atomic mass is 28.4. The number of primary amides is 1. The first-order valence-corrected chi connectivity index (χ1v) is 11.7. The summed E-state index contributed by atoms with van der Waals surface area (Å²) in [6, 6.07) is 23.6. The first kappa shape index (κ1) is 21.5. The van der Waals surface area contributed by atoms with Gasteiger partial charge in [-0.05, 0) is 21.5 Å². The molecule has 0 fully saturated rings. The van der Waals surface area contributed by atoms with E-state index in [4.69, 9.17) is 20.6 Å². The largest absolute Gasteiger partial charge is 0.531 e. The van der Waals surface area contributed by atoms with Gasteiger partial charge in [-0.2, -0.15) is 0 Å². The molecule has 5 nitrogen and oxygen atoms in total. The maximum Gasteiger partial charge on any atom is 0.320 e. The molecule has 0 saturated heterocycles. The predicted molar refractivity (Wildman–Crippen MR) is 124 cm³/mol. The zero-order valence-corrected chi connectivity index (χ0v) is 18.8. The third-order valence-corrected chi connectivity index (χ3v) is 10.2. The van der Waals surface area contributed by atoms with E-state index in [9.17, 15) is 4.79 Å². The summed E-state index contributed by atoms with van der Waals surface area (Å²) in [7, 11) is -1.33. The molecule has 4 N–H and O–H groups in total. The molecule has 3 aromatic carbocycles. The van der Waals surface area contributed by atoms with E-state index in [0.29, 0.717) is 11.5 Å². The second-order valence-corrected chi connectivity index (χ2v) is 12.4. The number of ether oxygens (including phenoxy) is 1. The molecule has 0 aliphatic heterocycles. The highest BCUT2D eigenvalue weighted by molar-refractivity contribution is 7.00.